The molecule has 0 spiro atoms. The summed E-state index contributed by atoms with van der Waals surface area (Å²) in [6.07, 6.45) is 0. The molecule has 0 saturated carbocycles. The first kappa shape index (κ1) is 10.5. The summed E-state index contributed by atoms with van der Waals surface area (Å²) in [4.78, 5) is 0. The van der Waals surface area contributed by atoms with Crippen LogP contribution in [0.3, 0.4) is 0 Å². The van der Waals surface area contributed by atoms with Crippen LogP contribution in [0.15, 0.2) is 30.3 Å². The number of rotatable bonds is 1. The fourth-order valence-corrected chi connectivity index (χ4v) is 1.33. The van der Waals surface area contributed by atoms with E-state index < -0.39 is 14.2 Å². The first-order chi connectivity index (χ1) is 4.30. The molecule has 4 heteroatoms. The molecular weight excluding hydrogens is 206 g/mol. The quantitative estimate of drug-likeness (QED) is 0.446. The number of hydrogen-bond acceptors (Lipinski definition) is 2. The molecule has 2 nitrogen and oxygen atoms in total. The zero-order valence-corrected chi connectivity index (χ0v) is 9.32. The zero-order chi connectivity index (χ0) is 6.69. The van der Waals surface area contributed by atoms with E-state index in [0.29, 0.717) is 4.46 Å². The third-order valence-electron chi connectivity index (χ3n) is 0.936. The summed E-state index contributed by atoms with van der Waals surface area (Å²) in [5.74, 6) is 0. The van der Waals surface area contributed by atoms with Crippen molar-refractivity contribution in [2.24, 2.45) is 0 Å². The maximum Gasteiger partial charge on any atom is 1.00 e. The van der Waals surface area contributed by atoms with Gasteiger partial charge in [0.2, 0.25) is 0 Å². The van der Waals surface area contributed by atoms with Crippen molar-refractivity contribution >= 4 is 18.6 Å². The van der Waals surface area contributed by atoms with Gasteiger partial charge in [-0.25, -0.2) is 0 Å². The van der Waals surface area contributed by atoms with E-state index in [-0.39, 0.29) is 29.6 Å². The number of hydrogen-bond donors (Lipinski definition) is 0. The maximum absolute atomic E-state index is 10.3. The van der Waals surface area contributed by atoms with Crippen molar-refractivity contribution in [2.75, 3.05) is 0 Å². The van der Waals surface area contributed by atoms with Crippen molar-refractivity contribution in [2.45, 2.75) is 0 Å². The first-order valence-electron chi connectivity index (χ1n) is 2.45. The second kappa shape index (κ2) is 5.19. The molecule has 0 aromatic heterocycles. The second-order valence-corrected chi connectivity index (χ2v) is 3.52. The van der Waals surface area contributed by atoms with Gasteiger partial charge in [-0.3, -0.25) is 0 Å². The van der Waals surface area contributed by atoms with Crippen LogP contribution >= 0.6 is 0 Å². The molecule has 1 unspecified atom stereocenters. The van der Waals surface area contributed by atoms with Gasteiger partial charge in [0.1, 0.15) is 0 Å². The van der Waals surface area contributed by atoms with E-state index in [4.69, 9.17) is 0 Å². The minimum Gasteiger partial charge on any atom is 1.00 e. The van der Waals surface area contributed by atoms with E-state index >= 15 is 0 Å². The van der Waals surface area contributed by atoms with Gasteiger partial charge in [-0.05, 0) is 0 Å². The van der Waals surface area contributed by atoms with Crippen LogP contribution < -0.4 is 38.2 Å². The molecular formula is C6H5NaO2Se. The maximum atomic E-state index is 10.3. The Balaban J connectivity index is 0.000000810. The Morgan fingerprint density at radius 3 is 2.00 bits per heavy atom. The van der Waals surface area contributed by atoms with Gasteiger partial charge in [-0.1, -0.05) is 0 Å². The van der Waals surface area contributed by atoms with Gasteiger partial charge >= 0.3 is 86.5 Å². The van der Waals surface area contributed by atoms with E-state index in [1.54, 1.807) is 30.3 Å². The molecule has 0 saturated heterocycles. The van der Waals surface area contributed by atoms with Gasteiger partial charge in [0.25, 0.3) is 0 Å². The summed E-state index contributed by atoms with van der Waals surface area (Å²) in [5, 5.41) is 0. The topological polar surface area (TPSA) is 40.1 Å². The van der Waals surface area contributed by atoms with Crippen molar-refractivity contribution in [3.63, 3.8) is 0 Å². The van der Waals surface area contributed by atoms with Crippen molar-refractivity contribution in [1.82, 2.24) is 0 Å². The molecule has 0 radical (unpaired) electrons. The Kier molecular flexibility index (Phi) is 5.45. The molecule has 0 bridgehead atoms. The summed E-state index contributed by atoms with van der Waals surface area (Å²) in [6, 6.07) is 8.39. The van der Waals surface area contributed by atoms with Crippen LogP contribution in [0.5, 0.6) is 0 Å². The monoisotopic (exact) mass is 212 g/mol. The van der Waals surface area contributed by atoms with E-state index in [9.17, 15) is 8.02 Å². The van der Waals surface area contributed by atoms with Crippen LogP contribution in [0, 0.1) is 0 Å². The molecule has 0 aliphatic rings. The van der Waals surface area contributed by atoms with Crippen LogP contribution in [-0.2, 0) is 3.83 Å². The minimum atomic E-state index is -2.91. The Labute approximate surface area is 86.0 Å². The van der Waals surface area contributed by atoms with Gasteiger partial charge in [0.15, 0.2) is 0 Å². The number of benzene rings is 1. The normalized spacial score (nSPS) is 11.7. The van der Waals surface area contributed by atoms with Crippen LogP contribution in [0.25, 0.3) is 0 Å². The van der Waals surface area contributed by atoms with Crippen LogP contribution in [0.1, 0.15) is 0 Å². The Hall–Kier alpha value is 0.499. The standard InChI is InChI=1S/C6H6O2Se.Na/c7-9(8)6-4-2-1-3-5-6;/h1-5H,(H,7,8);/q;+1/p-1. The smallest absolute Gasteiger partial charge is 1.00 e. The van der Waals surface area contributed by atoms with Crippen molar-refractivity contribution in [3.05, 3.63) is 30.3 Å². The fourth-order valence-electron chi connectivity index (χ4n) is 0.532. The molecule has 0 heterocycles. The molecule has 0 N–H and O–H groups in total. The first-order valence-corrected chi connectivity index (χ1v) is 4.70. The summed E-state index contributed by atoms with van der Waals surface area (Å²) < 4.78 is 21.0. The van der Waals surface area contributed by atoms with Gasteiger partial charge in [0, 0.05) is 0 Å². The fraction of sp³-hybridized carbons (Fsp3) is 0. The second-order valence-electron chi connectivity index (χ2n) is 1.55. The van der Waals surface area contributed by atoms with Crippen molar-refractivity contribution in [1.29, 1.82) is 0 Å². The third-order valence-corrected chi connectivity index (χ3v) is 2.31. The van der Waals surface area contributed by atoms with E-state index in [1.807, 2.05) is 0 Å². The summed E-state index contributed by atoms with van der Waals surface area (Å²) in [7, 11) is 0. The Morgan fingerprint density at radius 1 is 1.20 bits per heavy atom. The molecule has 1 rings (SSSR count). The molecule has 10 heavy (non-hydrogen) atoms. The van der Waals surface area contributed by atoms with Gasteiger partial charge < -0.3 is 0 Å². The van der Waals surface area contributed by atoms with Crippen LogP contribution in [0.2, 0.25) is 0 Å². The predicted molar refractivity (Wildman–Crippen MR) is 32.5 cm³/mol. The van der Waals surface area contributed by atoms with Crippen molar-refractivity contribution < 1.29 is 37.6 Å². The Morgan fingerprint density at radius 2 is 1.70 bits per heavy atom. The summed E-state index contributed by atoms with van der Waals surface area (Å²) >= 11 is -2.91. The van der Waals surface area contributed by atoms with Gasteiger partial charge in [-0.15, -0.1) is 0 Å². The summed E-state index contributed by atoms with van der Waals surface area (Å²) in [5.41, 5.74) is 0. The van der Waals surface area contributed by atoms with Crippen molar-refractivity contribution in [3.8, 4) is 0 Å². The molecule has 0 aliphatic carbocycles. The van der Waals surface area contributed by atoms with Gasteiger partial charge in [0.05, 0.1) is 0 Å². The average Bonchev–Trinajstić information content (AvgIpc) is 1.90. The molecule has 1 atom stereocenters. The molecule has 1 aromatic rings. The van der Waals surface area contributed by atoms with E-state index in [2.05, 4.69) is 0 Å². The largest absolute Gasteiger partial charge is 1.00 e. The molecule has 48 valence electrons. The SMILES string of the molecule is O=[Se]([O-])c1ccccc1.[Na+]. The molecule has 0 amide bonds. The molecule has 0 aliphatic heterocycles. The van der Waals surface area contributed by atoms with E-state index in [0.717, 1.165) is 0 Å². The summed E-state index contributed by atoms with van der Waals surface area (Å²) in [6.45, 7) is 0. The Bertz CT molecular complexity index is 212. The zero-order valence-electron chi connectivity index (χ0n) is 5.61. The average molecular weight is 211 g/mol. The van der Waals surface area contributed by atoms with Crippen LogP contribution in [0.4, 0.5) is 0 Å². The predicted octanol–water partition coefficient (Wildman–Crippen LogP) is -3.82. The minimum absolute atomic E-state index is 0. The van der Waals surface area contributed by atoms with Crippen LogP contribution in [-0.4, -0.2) is 14.2 Å². The third kappa shape index (κ3) is 3.06. The van der Waals surface area contributed by atoms with E-state index in [1.165, 1.54) is 0 Å². The molecule has 1 aromatic carbocycles. The molecule has 0 fully saturated rings. The van der Waals surface area contributed by atoms with Gasteiger partial charge in [-0.2, -0.15) is 0 Å².